The molecule has 2 aromatic heterocycles. The predicted octanol–water partition coefficient (Wildman–Crippen LogP) is -2.69. The molecule has 3 rings (SSSR count). The van der Waals surface area contributed by atoms with E-state index in [0.717, 1.165) is 0 Å². The number of aromatic nitrogens is 4. The van der Waals surface area contributed by atoms with E-state index in [2.05, 4.69) is 15.0 Å². The molecule has 20 heavy (non-hydrogen) atoms. The zero-order valence-corrected chi connectivity index (χ0v) is 10.2. The molecule has 1 aliphatic heterocycles. The first-order valence-electron chi connectivity index (χ1n) is 5.87. The second kappa shape index (κ2) is 4.52. The van der Waals surface area contributed by atoms with Crippen LogP contribution < -0.4 is 11.3 Å². The molecule has 0 radical (unpaired) electrons. The fourth-order valence-corrected chi connectivity index (χ4v) is 2.24. The van der Waals surface area contributed by atoms with E-state index in [1.165, 1.54) is 10.9 Å². The Kier molecular flexibility index (Phi) is 2.94. The lowest BCUT2D eigenvalue weighted by atomic mass is 10.1. The van der Waals surface area contributed by atoms with E-state index in [9.17, 15) is 15.0 Å². The first kappa shape index (κ1) is 13.0. The van der Waals surface area contributed by atoms with Crippen LogP contribution in [0.2, 0.25) is 0 Å². The van der Waals surface area contributed by atoms with Crippen LogP contribution in [0.1, 0.15) is 6.23 Å². The summed E-state index contributed by atoms with van der Waals surface area (Å²) in [6.45, 7) is -0.447. The molecule has 0 spiro atoms. The summed E-state index contributed by atoms with van der Waals surface area (Å²) < 4.78 is 6.64. The summed E-state index contributed by atoms with van der Waals surface area (Å²) in [6.07, 6.45) is -3.21. The molecule has 2 aromatic rings. The van der Waals surface area contributed by atoms with Crippen molar-refractivity contribution in [1.82, 2.24) is 19.5 Å². The van der Waals surface area contributed by atoms with Gasteiger partial charge in [-0.3, -0.25) is 14.3 Å². The summed E-state index contributed by atoms with van der Waals surface area (Å²) >= 11 is 0. The van der Waals surface area contributed by atoms with E-state index < -0.39 is 36.7 Å². The number of aromatic amines is 1. The number of nitrogens with two attached hydrogens (primary N) is 1. The van der Waals surface area contributed by atoms with Crippen molar-refractivity contribution in [3.63, 3.8) is 0 Å². The summed E-state index contributed by atoms with van der Waals surface area (Å²) in [5, 5.41) is 28.7. The number of hydrogen-bond donors (Lipinski definition) is 5. The van der Waals surface area contributed by atoms with Gasteiger partial charge in [0.1, 0.15) is 18.3 Å². The van der Waals surface area contributed by atoms with Crippen molar-refractivity contribution in [2.24, 2.45) is 0 Å². The van der Waals surface area contributed by atoms with Crippen LogP contribution in [0, 0.1) is 0 Å². The maximum Gasteiger partial charge on any atom is 0.280 e. The van der Waals surface area contributed by atoms with Crippen molar-refractivity contribution in [3.05, 3.63) is 16.7 Å². The van der Waals surface area contributed by atoms with Crippen LogP contribution in [0.5, 0.6) is 0 Å². The minimum absolute atomic E-state index is 0.0388. The van der Waals surface area contributed by atoms with Gasteiger partial charge in [0.2, 0.25) is 5.95 Å². The molecule has 1 saturated heterocycles. The van der Waals surface area contributed by atoms with Crippen molar-refractivity contribution >= 4 is 17.1 Å². The number of H-pyrrole nitrogens is 1. The van der Waals surface area contributed by atoms with Gasteiger partial charge in [0.05, 0.1) is 12.9 Å². The number of aliphatic hydroxyl groups excluding tert-OH is 3. The van der Waals surface area contributed by atoms with Crippen LogP contribution in [-0.2, 0) is 4.74 Å². The molecule has 1 fully saturated rings. The molecule has 0 saturated carbocycles. The molecule has 4 atom stereocenters. The second-order valence-corrected chi connectivity index (χ2v) is 4.50. The van der Waals surface area contributed by atoms with Crippen LogP contribution in [0.4, 0.5) is 5.95 Å². The molecular weight excluding hydrogens is 272 g/mol. The number of hydrogen-bond acceptors (Lipinski definition) is 8. The fourth-order valence-electron chi connectivity index (χ4n) is 2.24. The maximum absolute atomic E-state index is 11.7. The maximum atomic E-state index is 11.7. The second-order valence-electron chi connectivity index (χ2n) is 4.50. The Bertz CT molecular complexity index is 697. The van der Waals surface area contributed by atoms with Crippen LogP contribution in [0.3, 0.4) is 0 Å². The van der Waals surface area contributed by atoms with Gasteiger partial charge in [-0.05, 0) is 0 Å². The Hall–Kier alpha value is -2.01. The highest BCUT2D eigenvalue weighted by Gasteiger charge is 2.44. The summed E-state index contributed by atoms with van der Waals surface area (Å²) in [5.41, 5.74) is 5.12. The quantitative estimate of drug-likeness (QED) is 0.373. The number of rotatable bonds is 2. The Morgan fingerprint density at radius 3 is 2.85 bits per heavy atom. The minimum Gasteiger partial charge on any atom is -0.394 e. The van der Waals surface area contributed by atoms with Gasteiger partial charge in [0.15, 0.2) is 17.4 Å². The molecule has 108 valence electrons. The van der Waals surface area contributed by atoms with Gasteiger partial charge in [-0.2, -0.15) is 4.98 Å². The van der Waals surface area contributed by atoms with Gasteiger partial charge in [0, 0.05) is 0 Å². The number of nitrogen functional groups attached to an aromatic ring is 1. The third kappa shape index (κ3) is 1.78. The lowest BCUT2D eigenvalue weighted by Gasteiger charge is -2.16. The van der Waals surface area contributed by atoms with Crippen LogP contribution in [-0.4, -0.2) is 59.8 Å². The number of nitrogens with zero attached hydrogens (tertiary/aromatic N) is 3. The normalized spacial score (nSPS) is 30.1. The SMILES string of the molecule is Nc1nc2c(ncn2[C@@H]2O[C@H](CO)[C@@H](O)[C@H]2O)c(=[18O])[nH]1. The molecule has 10 nitrogen and oxygen atoms in total. The van der Waals surface area contributed by atoms with Crippen LogP contribution >= 0.6 is 0 Å². The molecule has 6 N–H and O–H groups in total. The standard InChI is InChI=1S/C10H13N5O5/c11-10-13-7-4(8(19)14-10)12-2-15(7)9-6(18)5(17)3(1-16)20-9/h2-3,5-6,9,16-18H,1H2,(H3,11,13,14,19)/t3-,5-,6-,9-/m1/s1/i19+2. The molecule has 1 aliphatic rings. The monoisotopic (exact) mass is 285 g/mol. The van der Waals surface area contributed by atoms with Gasteiger partial charge < -0.3 is 25.8 Å². The third-order valence-corrected chi connectivity index (χ3v) is 3.24. The smallest absolute Gasteiger partial charge is 0.280 e. The van der Waals surface area contributed by atoms with E-state index in [0.29, 0.717) is 0 Å². The molecule has 0 amide bonds. The number of nitrogens with one attached hydrogen (secondary N) is 1. The molecule has 0 bridgehead atoms. The topological polar surface area (TPSA) is 160 Å². The highest BCUT2D eigenvalue weighted by Crippen LogP contribution is 2.30. The molecule has 0 aliphatic carbocycles. The van der Waals surface area contributed by atoms with E-state index in [-0.39, 0.29) is 17.1 Å². The summed E-state index contributed by atoms with van der Waals surface area (Å²) in [5.74, 6) is -0.101. The molecule has 0 aromatic carbocycles. The fraction of sp³-hybridized carbons (Fsp3) is 0.500. The number of aliphatic hydroxyl groups is 3. The van der Waals surface area contributed by atoms with Gasteiger partial charge >= 0.3 is 0 Å². The number of fused-ring (bicyclic) bond motifs is 1. The predicted molar refractivity (Wildman–Crippen MR) is 65.6 cm³/mol. The summed E-state index contributed by atoms with van der Waals surface area (Å²) in [6, 6.07) is 0. The first-order valence-corrected chi connectivity index (χ1v) is 5.87. The first-order chi connectivity index (χ1) is 9.52. The third-order valence-electron chi connectivity index (χ3n) is 3.24. The summed E-state index contributed by atoms with van der Waals surface area (Å²) in [4.78, 5) is 21.8. The van der Waals surface area contributed by atoms with E-state index in [1.54, 1.807) is 0 Å². The minimum atomic E-state index is -1.29. The van der Waals surface area contributed by atoms with Crippen LogP contribution in [0.15, 0.2) is 11.1 Å². The van der Waals surface area contributed by atoms with Crippen molar-refractivity contribution in [1.29, 1.82) is 0 Å². The van der Waals surface area contributed by atoms with Crippen LogP contribution in [0.25, 0.3) is 11.2 Å². The Balaban J connectivity index is 2.09. The molecule has 3 heterocycles. The highest BCUT2D eigenvalue weighted by atomic mass is 18.1. The Morgan fingerprint density at radius 2 is 2.20 bits per heavy atom. The van der Waals surface area contributed by atoms with Gasteiger partial charge in [-0.15, -0.1) is 0 Å². The van der Waals surface area contributed by atoms with Crippen molar-refractivity contribution in [2.75, 3.05) is 12.3 Å². The van der Waals surface area contributed by atoms with E-state index >= 15 is 0 Å². The number of anilines is 1. The Morgan fingerprint density at radius 1 is 1.45 bits per heavy atom. The highest BCUT2D eigenvalue weighted by molar-refractivity contribution is 5.70. The number of ether oxygens (including phenoxy) is 1. The lowest BCUT2D eigenvalue weighted by molar-refractivity contribution is -0.0511. The zero-order chi connectivity index (χ0) is 14.4. The number of imidazole rings is 1. The molecule has 0 unspecified atom stereocenters. The van der Waals surface area contributed by atoms with E-state index in [4.69, 9.17) is 15.6 Å². The van der Waals surface area contributed by atoms with Gasteiger partial charge in [0.25, 0.3) is 5.56 Å². The Labute approximate surface area is 111 Å². The van der Waals surface area contributed by atoms with Crippen molar-refractivity contribution in [2.45, 2.75) is 24.5 Å². The average molecular weight is 285 g/mol. The van der Waals surface area contributed by atoms with E-state index in [1.807, 2.05) is 0 Å². The zero-order valence-electron chi connectivity index (χ0n) is 10.2. The molecule has 10 heteroatoms. The average Bonchev–Trinajstić information content (AvgIpc) is 2.93. The summed E-state index contributed by atoms with van der Waals surface area (Å²) in [7, 11) is 0. The van der Waals surface area contributed by atoms with Crippen molar-refractivity contribution in [3.8, 4) is 0 Å². The lowest BCUT2D eigenvalue weighted by Crippen LogP contribution is -2.33. The van der Waals surface area contributed by atoms with Gasteiger partial charge in [-0.1, -0.05) is 0 Å². The molecular formula is C10H13N5O5. The van der Waals surface area contributed by atoms with Gasteiger partial charge in [-0.25, -0.2) is 4.98 Å². The van der Waals surface area contributed by atoms with Crippen molar-refractivity contribution < 1.29 is 20.1 Å². The largest absolute Gasteiger partial charge is 0.394 e.